The Kier molecular flexibility index (Phi) is 4.59. The number of hydrogen-bond donors (Lipinski definition) is 2. The van der Waals surface area contributed by atoms with Gasteiger partial charge in [0.1, 0.15) is 5.82 Å². The molecule has 7 heteroatoms. The summed E-state index contributed by atoms with van der Waals surface area (Å²) in [5.41, 5.74) is 0. The molecule has 0 bridgehead atoms. The molecule has 0 aromatic carbocycles. The highest BCUT2D eigenvalue weighted by Crippen LogP contribution is 2.21. The van der Waals surface area contributed by atoms with Crippen LogP contribution in [-0.2, 0) is 10.0 Å². The average molecular weight is 286 g/mol. The molecule has 2 N–H and O–H groups in total. The zero-order chi connectivity index (χ0) is 13.9. The minimum absolute atomic E-state index is 0.133. The number of hydrogen-bond acceptors (Lipinski definition) is 4. The molecule has 0 saturated heterocycles. The molecule has 1 fully saturated rings. The third-order valence-electron chi connectivity index (χ3n) is 3.67. The third kappa shape index (κ3) is 3.77. The number of likely N-dealkylation sites (N-methyl/N-ethyl adjacent to an activating group) is 1. The van der Waals surface area contributed by atoms with E-state index in [-0.39, 0.29) is 5.03 Å². The lowest BCUT2D eigenvalue weighted by molar-refractivity contribution is 0.250. The third-order valence-corrected chi connectivity index (χ3v) is 5.04. The minimum Gasteiger partial charge on any atom is -0.332 e. The summed E-state index contributed by atoms with van der Waals surface area (Å²) >= 11 is 0. The Labute approximate surface area is 114 Å². The number of nitrogens with one attached hydrogen (secondary N) is 2. The van der Waals surface area contributed by atoms with E-state index in [4.69, 9.17) is 0 Å². The maximum absolute atomic E-state index is 11.9. The monoisotopic (exact) mass is 286 g/mol. The highest BCUT2D eigenvalue weighted by Gasteiger charge is 2.20. The van der Waals surface area contributed by atoms with Crippen LogP contribution in [0, 0.1) is 6.92 Å². The molecule has 1 aromatic rings. The zero-order valence-corrected chi connectivity index (χ0v) is 12.3. The van der Waals surface area contributed by atoms with Gasteiger partial charge in [-0.3, -0.25) is 0 Å². The highest BCUT2D eigenvalue weighted by atomic mass is 32.2. The van der Waals surface area contributed by atoms with Gasteiger partial charge in [-0.25, -0.2) is 18.1 Å². The maximum Gasteiger partial charge on any atom is 0.257 e. The SMILES string of the molecule is Cc1ncc(S(=O)(=O)NCCN(C)C2CCCC2)[nH]1. The summed E-state index contributed by atoms with van der Waals surface area (Å²) < 4.78 is 26.5. The van der Waals surface area contributed by atoms with Crippen molar-refractivity contribution in [3.63, 3.8) is 0 Å². The normalized spacial score (nSPS) is 17.4. The maximum atomic E-state index is 11.9. The molecule has 0 aliphatic heterocycles. The molecule has 19 heavy (non-hydrogen) atoms. The Morgan fingerprint density at radius 2 is 2.16 bits per heavy atom. The van der Waals surface area contributed by atoms with Gasteiger partial charge in [-0.15, -0.1) is 0 Å². The first-order chi connectivity index (χ1) is 8.99. The molecule has 6 nitrogen and oxygen atoms in total. The Morgan fingerprint density at radius 1 is 1.47 bits per heavy atom. The molecule has 2 rings (SSSR count). The van der Waals surface area contributed by atoms with E-state index in [1.807, 2.05) is 0 Å². The lowest BCUT2D eigenvalue weighted by Gasteiger charge is -2.23. The van der Waals surface area contributed by atoms with Gasteiger partial charge in [0.25, 0.3) is 10.0 Å². The largest absolute Gasteiger partial charge is 0.332 e. The van der Waals surface area contributed by atoms with Crippen molar-refractivity contribution in [2.24, 2.45) is 0 Å². The molecule has 0 amide bonds. The van der Waals surface area contributed by atoms with Gasteiger partial charge in [-0.2, -0.15) is 0 Å². The van der Waals surface area contributed by atoms with Crippen LogP contribution in [0.3, 0.4) is 0 Å². The summed E-state index contributed by atoms with van der Waals surface area (Å²) in [7, 11) is -1.39. The smallest absolute Gasteiger partial charge is 0.257 e. The van der Waals surface area contributed by atoms with Crippen LogP contribution in [0.1, 0.15) is 31.5 Å². The molecule has 1 saturated carbocycles. The zero-order valence-electron chi connectivity index (χ0n) is 11.5. The van der Waals surface area contributed by atoms with Crippen LogP contribution in [-0.4, -0.2) is 49.5 Å². The van der Waals surface area contributed by atoms with E-state index in [2.05, 4.69) is 26.6 Å². The second-order valence-electron chi connectivity index (χ2n) is 5.15. The Bertz CT molecular complexity index is 506. The van der Waals surface area contributed by atoms with Crippen molar-refractivity contribution in [2.45, 2.75) is 43.7 Å². The topological polar surface area (TPSA) is 78.1 Å². The Hall–Kier alpha value is -0.920. The van der Waals surface area contributed by atoms with Crippen LogP contribution in [0.5, 0.6) is 0 Å². The van der Waals surface area contributed by atoms with Crippen molar-refractivity contribution >= 4 is 10.0 Å². The first-order valence-electron chi connectivity index (χ1n) is 6.70. The lowest BCUT2D eigenvalue weighted by Crippen LogP contribution is -2.37. The van der Waals surface area contributed by atoms with Crippen molar-refractivity contribution < 1.29 is 8.42 Å². The first kappa shape index (κ1) is 14.5. The van der Waals surface area contributed by atoms with Gasteiger partial charge >= 0.3 is 0 Å². The van der Waals surface area contributed by atoms with Gasteiger partial charge < -0.3 is 9.88 Å². The molecule has 0 spiro atoms. The molecular weight excluding hydrogens is 264 g/mol. The van der Waals surface area contributed by atoms with E-state index in [0.29, 0.717) is 18.4 Å². The van der Waals surface area contributed by atoms with Crippen LogP contribution in [0.25, 0.3) is 0 Å². The lowest BCUT2D eigenvalue weighted by atomic mass is 10.2. The first-order valence-corrected chi connectivity index (χ1v) is 8.19. The van der Waals surface area contributed by atoms with Crippen LogP contribution in [0.2, 0.25) is 0 Å². The quantitative estimate of drug-likeness (QED) is 0.813. The summed E-state index contributed by atoms with van der Waals surface area (Å²) in [5.74, 6) is 0.600. The van der Waals surface area contributed by atoms with Gasteiger partial charge in [0.05, 0.1) is 6.20 Å². The van der Waals surface area contributed by atoms with Crippen LogP contribution in [0.15, 0.2) is 11.2 Å². The Morgan fingerprint density at radius 3 is 2.74 bits per heavy atom. The van der Waals surface area contributed by atoms with E-state index in [9.17, 15) is 8.42 Å². The molecule has 1 aliphatic carbocycles. The van der Waals surface area contributed by atoms with E-state index in [1.165, 1.54) is 31.9 Å². The predicted octanol–water partition coefficient (Wildman–Crippen LogP) is 0.871. The number of rotatable bonds is 6. The van der Waals surface area contributed by atoms with Crippen molar-refractivity contribution in [3.8, 4) is 0 Å². The van der Waals surface area contributed by atoms with E-state index < -0.39 is 10.0 Å². The number of aromatic nitrogens is 2. The van der Waals surface area contributed by atoms with Crippen molar-refractivity contribution in [2.75, 3.05) is 20.1 Å². The van der Waals surface area contributed by atoms with Crippen LogP contribution < -0.4 is 4.72 Å². The second-order valence-corrected chi connectivity index (χ2v) is 6.88. The molecule has 0 radical (unpaired) electrons. The standard InChI is InChI=1S/C12H22N4O2S/c1-10-13-9-12(15-10)19(17,18)14-7-8-16(2)11-5-3-4-6-11/h9,11,14H,3-8H2,1-2H3,(H,13,15). The van der Waals surface area contributed by atoms with Crippen molar-refractivity contribution in [1.82, 2.24) is 19.6 Å². The van der Waals surface area contributed by atoms with Gasteiger partial charge in [-0.05, 0) is 26.8 Å². The fourth-order valence-corrected chi connectivity index (χ4v) is 3.49. The summed E-state index contributed by atoms with van der Waals surface area (Å²) in [6, 6.07) is 0.610. The molecule has 0 atom stereocenters. The van der Waals surface area contributed by atoms with Gasteiger partial charge in [0.2, 0.25) is 0 Å². The highest BCUT2D eigenvalue weighted by molar-refractivity contribution is 7.89. The van der Waals surface area contributed by atoms with Crippen molar-refractivity contribution in [1.29, 1.82) is 0 Å². The molecule has 0 unspecified atom stereocenters. The van der Waals surface area contributed by atoms with Crippen LogP contribution in [0.4, 0.5) is 0 Å². The number of nitrogens with zero attached hydrogens (tertiary/aromatic N) is 2. The Balaban J connectivity index is 1.81. The number of H-pyrrole nitrogens is 1. The fourth-order valence-electron chi connectivity index (χ4n) is 2.50. The summed E-state index contributed by atoms with van der Waals surface area (Å²) in [5, 5.41) is 0.133. The molecule has 1 aliphatic rings. The molecular formula is C12H22N4O2S. The molecule has 1 heterocycles. The summed E-state index contributed by atoms with van der Waals surface area (Å²) in [4.78, 5) is 8.88. The predicted molar refractivity (Wildman–Crippen MR) is 73.4 cm³/mol. The molecule has 108 valence electrons. The van der Waals surface area contributed by atoms with Gasteiger partial charge in [0.15, 0.2) is 5.03 Å². The number of aromatic amines is 1. The van der Waals surface area contributed by atoms with Crippen LogP contribution >= 0.6 is 0 Å². The minimum atomic E-state index is -3.45. The van der Waals surface area contributed by atoms with Gasteiger partial charge in [-0.1, -0.05) is 12.8 Å². The molecule has 1 aromatic heterocycles. The second kappa shape index (κ2) is 6.02. The summed E-state index contributed by atoms with van der Waals surface area (Å²) in [6.07, 6.45) is 6.37. The van der Waals surface area contributed by atoms with Gasteiger partial charge in [0, 0.05) is 19.1 Å². The van der Waals surface area contributed by atoms with Crippen molar-refractivity contribution in [3.05, 3.63) is 12.0 Å². The van der Waals surface area contributed by atoms with E-state index in [1.54, 1.807) is 6.92 Å². The van der Waals surface area contributed by atoms with E-state index in [0.717, 1.165) is 6.54 Å². The summed E-state index contributed by atoms with van der Waals surface area (Å²) in [6.45, 7) is 2.89. The number of aryl methyl sites for hydroxylation is 1. The number of sulfonamides is 1. The average Bonchev–Trinajstić information content (AvgIpc) is 2.99. The van der Waals surface area contributed by atoms with E-state index >= 15 is 0 Å². The fraction of sp³-hybridized carbons (Fsp3) is 0.750. The number of imidazole rings is 1.